The van der Waals surface area contributed by atoms with E-state index >= 15 is 0 Å². The molecule has 0 bridgehead atoms. The number of amides is 1. The van der Waals surface area contributed by atoms with Gasteiger partial charge in [0.15, 0.2) is 0 Å². The second kappa shape index (κ2) is 11.4. The minimum Gasteiger partial charge on any atom is -0.394 e. The first kappa shape index (κ1) is 22.7. The van der Waals surface area contributed by atoms with Crippen molar-refractivity contribution in [3.63, 3.8) is 0 Å². The van der Waals surface area contributed by atoms with Crippen LogP contribution in [0.5, 0.6) is 0 Å². The number of alkyl halides is 2. The third kappa shape index (κ3) is 6.44. The molecular weight excluding hydrogens is 403 g/mol. The molecule has 2 aromatic carbocycles. The maximum Gasteiger partial charge on any atom is 0.299 e. The van der Waals surface area contributed by atoms with Crippen molar-refractivity contribution in [3.8, 4) is 23.0 Å². The van der Waals surface area contributed by atoms with E-state index in [2.05, 4.69) is 11.8 Å². The van der Waals surface area contributed by atoms with Crippen molar-refractivity contribution in [3.05, 3.63) is 59.9 Å². The Kier molecular flexibility index (Phi) is 8.90. The highest BCUT2D eigenvalue weighted by molar-refractivity contribution is 7.85. The Morgan fingerprint density at radius 2 is 1.90 bits per heavy atom. The summed E-state index contributed by atoms with van der Waals surface area (Å²) in [5, 5.41) is 9.36. The Morgan fingerprint density at radius 3 is 2.52 bits per heavy atom. The molecule has 1 aliphatic rings. The molecule has 1 heterocycles. The lowest BCUT2D eigenvalue weighted by Gasteiger charge is -2.32. The fourth-order valence-electron chi connectivity index (χ4n) is 2.83. The van der Waals surface area contributed by atoms with Crippen LogP contribution in [0.3, 0.4) is 0 Å². The summed E-state index contributed by atoms with van der Waals surface area (Å²) in [6.07, 6.45) is 0. The predicted molar refractivity (Wildman–Crippen MR) is 106 cm³/mol. The average Bonchev–Trinajstić information content (AvgIpc) is 2.73. The van der Waals surface area contributed by atoms with Crippen LogP contribution >= 0.6 is 0 Å². The molecule has 2 atom stereocenters. The Hall–Kier alpha value is -2.63. The molecule has 2 unspecified atom stereocenters. The zero-order valence-electron chi connectivity index (χ0n) is 15.5. The topological polar surface area (TPSA) is 57.6 Å². The van der Waals surface area contributed by atoms with Crippen molar-refractivity contribution in [2.24, 2.45) is 0 Å². The van der Waals surface area contributed by atoms with E-state index < -0.39 is 35.5 Å². The molecule has 8 heteroatoms. The second-order valence-corrected chi connectivity index (χ2v) is 7.68. The fourth-order valence-corrected chi connectivity index (χ4v) is 4.11. The van der Waals surface area contributed by atoms with Crippen molar-refractivity contribution >= 4 is 16.7 Å². The van der Waals surface area contributed by atoms with E-state index in [0.29, 0.717) is 23.4 Å². The number of nitrogens with zero attached hydrogens (tertiary/aromatic N) is 1. The van der Waals surface area contributed by atoms with Gasteiger partial charge >= 0.3 is 0 Å². The van der Waals surface area contributed by atoms with Crippen LogP contribution in [0.1, 0.15) is 5.56 Å². The number of carbonyl (C=O) groups excluding carboxylic acids is 1. The van der Waals surface area contributed by atoms with Crippen LogP contribution in [0.15, 0.2) is 48.5 Å². The van der Waals surface area contributed by atoms with Gasteiger partial charge in [-0.05, 0) is 17.7 Å². The lowest BCUT2D eigenvalue weighted by molar-refractivity contribution is -0.127. The molecule has 154 valence electrons. The molecule has 0 aliphatic carbocycles. The number of hydrogen-bond acceptors (Lipinski definition) is 3. The molecule has 3 rings (SSSR count). The van der Waals surface area contributed by atoms with Crippen LogP contribution in [0.2, 0.25) is 0 Å². The van der Waals surface area contributed by atoms with Gasteiger partial charge in [0.05, 0.1) is 12.6 Å². The minimum absolute atomic E-state index is 0.250. The summed E-state index contributed by atoms with van der Waals surface area (Å²) in [4.78, 5) is 13.7. The van der Waals surface area contributed by atoms with Gasteiger partial charge in [0.1, 0.15) is 5.82 Å². The summed E-state index contributed by atoms with van der Waals surface area (Å²) < 4.78 is 45.1. The molecule has 0 radical (unpaired) electrons. The summed E-state index contributed by atoms with van der Waals surface area (Å²) in [6, 6.07) is 13.3. The molecule has 0 aromatic heterocycles. The van der Waals surface area contributed by atoms with E-state index in [1.165, 1.54) is 11.0 Å². The second-order valence-electron chi connectivity index (χ2n) is 6.06. The first-order chi connectivity index (χ1) is 14.0. The molecule has 1 aliphatic heterocycles. The fraction of sp³-hybridized carbons (Fsp3) is 0.286. The number of benzene rings is 2. The van der Waals surface area contributed by atoms with Gasteiger partial charge in [-0.25, -0.2) is 13.2 Å². The third-order valence-electron chi connectivity index (χ3n) is 4.22. The SMILES string of the molecule is FCF.O=C(C#Cc1ccc(-c2ccccc2)c(F)c1)N1CCS(=O)CC1CO. The molecule has 0 spiro atoms. The van der Waals surface area contributed by atoms with Crippen LogP contribution in [-0.4, -0.2) is 57.8 Å². The van der Waals surface area contributed by atoms with Gasteiger partial charge in [-0.3, -0.25) is 9.00 Å². The summed E-state index contributed by atoms with van der Waals surface area (Å²) in [5.74, 6) is 4.95. The molecule has 0 saturated carbocycles. The van der Waals surface area contributed by atoms with Gasteiger partial charge in [-0.15, -0.1) is 0 Å². The predicted octanol–water partition coefficient (Wildman–Crippen LogP) is 2.68. The number of aliphatic hydroxyl groups excluding tert-OH is 1. The van der Waals surface area contributed by atoms with Gasteiger partial charge in [0.2, 0.25) is 6.93 Å². The zero-order chi connectivity index (χ0) is 21.2. The van der Waals surface area contributed by atoms with Crippen molar-refractivity contribution in [1.82, 2.24) is 4.90 Å². The van der Waals surface area contributed by atoms with Crippen molar-refractivity contribution in [1.29, 1.82) is 0 Å². The van der Waals surface area contributed by atoms with Crippen LogP contribution in [0, 0.1) is 17.7 Å². The highest BCUT2D eigenvalue weighted by Crippen LogP contribution is 2.23. The van der Waals surface area contributed by atoms with E-state index in [1.54, 1.807) is 12.1 Å². The summed E-state index contributed by atoms with van der Waals surface area (Å²) in [7, 11) is -1.02. The van der Waals surface area contributed by atoms with Gasteiger partial charge in [-0.2, -0.15) is 0 Å². The minimum atomic E-state index is -1.75. The lowest BCUT2D eigenvalue weighted by atomic mass is 10.0. The van der Waals surface area contributed by atoms with Crippen molar-refractivity contribution in [2.45, 2.75) is 6.04 Å². The zero-order valence-corrected chi connectivity index (χ0v) is 16.3. The van der Waals surface area contributed by atoms with Crippen molar-refractivity contribution < 1.29 is 27.3 Å². The summed E-state index contributed by atoms with van der Waals surface area (Å²) in [6.45, 7) is -1.70. The normalized spacial score (nSPS) is 18.1. The van der Waals surface area contributed by atoms with Crippen LogP contribution in [0.4, 0.5) is 13.2 Å². The smallest absolute Gasteiger partial charge is 0.299 e. The molecule has 2 aromatic rings. The summed E-state index contributed by atoms with van der Waals surface area (Å²) >= 11 is 0. The van der Waals surface area contributed by atoms with E-state index in [-0.39, 0.29) is 12.4 Å². The Balaban J connectivity index is 0.000000941. The molecule has 29 heavy (non-hydrogen) atoms. The highest BCUT2D eigenvalue weighted by Gasteiger charge is 2.28. The highest BCUT2D eigenvalue weighted by atomic mass is 32.2. The maximum atomic E-state index is 14.3. The van der Waals surface area contributed by atoms with Gasteiger partial charge in [0, 0.05) is 45.9 Å². The number of halogens is 3. The summed E-state index contributed by atoms with van der Waals surface area (Å²) in [5.41, 5.74) is 1.64. The molecular formula is C21H20F3NO3S. The molecule has 1 fully saturated rings. The van der Waals surface area contributed by atoms with Gasteiger partial charge in [0.25, 0.3) is 5.91 Å². The van der Waals surface area contributed by atoms with Gasteiger partial charge in [-0.1, -0.05) is 42.3 Å². The Morgan fingerprint density at radius 1 is 1.21 bits per heavy atom. The van der Waals surface area contributed by atoms with E-state index in [1.807, 2.05) is 30.3 Å². The van der Waals surface area contributed by atoms with E-state index in [4.69, 9.17) is 0 Å². The molecule has 1 saturated heterocycles. The maximum absolute atomic E-state index is 14.3. The monoisotopic (exact) mass is 423 g/mol. The molecule has 1 N–H and O–H groups in total. The van der Waals surface area contributed by atoms with E-state index in [9.17, 15) is 27.3 Å². The van der Waals surface area contributed by atoms with Crippen LogP contribution in [0.25, 0.3) is 11.1 Å². The van der Waals surface area contributed by atoms with Crippen LogP contribution in [-0.2, 0) is 15.6 Å². The first-order valence-electron chi connectivity index (χ1n) is 8.75. The van der Waals surface area contributed by atoms with Crippen molar-refractivity contribution in [2.75, 3.05) is 31.6 Å². The lowest BCUT2D eigenvalue weighted by Crippen LogP contribution is -2.51. The van der Waals surface area contributed by atoms with Crippen LogP contribution < -0.4 is 0 Å². The molecule has 1 amide bonds. The largest absolute Gasteiger partial charge is 0.394 e. The average molecular weight is 423 g/mol. The number of rotatable bonds is 2. The van der Waals surface area contributed by atoms with E-state index in [0.717, 1.165) is 5.56 Å². The third-order valence-corrected chi connectivity index (χ3v) is 5.61. The molecule has 4 nitrogen and oxygen atoms in total. The standard InChI is InChI=1S/C20H18FNO3S.CH2F2/c21-19-12-15(6-8-18(19)16-4-2-1-3-5-16)7-9-20(24)22-10-11-26(25)14-17(22)13-23;2-1-3/h1-6,8,12,17,23H,10-11,13-14H2;1H2. The number of aliphatic hydroxyl groups is 1. The quantitative estimate of drug-likeness (QED) is 0.756. The Bertz CT molecular complexity index is 912. The number of carbonyl (C=O) groups is 1. The number of hydrogen-bond donors (Lipinski definition) is 1. The van der Waals surface area contributed by atoms with Gasteiger partial charge < -0.3 is 10.0 Å². The first-order valence-corrected chi connectivity index (χ1v) is 10.2. The Labute approximate surface area is 169 Å².